The number of aryl methyl sites for hydroxylation is 1. The molecular formula is C14H13NO6S2. The van der Waals surface area contributed by atoms with E-state index in [9.17, 15) is 23.1 Å². The normalized spacial score (nSPS) is 11.0. The fourth-order valence-electron chi connectivity index (χ4n) is 1.80. The van der Waals surface area contributed by atoms with Crippen molar-refractivity contribution in [3.8, 4) is 0 Å². The number of benzene rings is 1. The fourth-order valence-corrected chi connectivity index (χ4v) is 4.06. The van der Waals surface area contributed by atoms with Crippen LogP contribution < -0.4 is 4.72 Å². The average molecular weight is 355 g/mol. The molecule has 2 aromatic rings. The first-order valence-electron chi connectivity index (χ1n) is 6.28. The van der Waals surface area contributed by atoms with E-state index in [4.69, 9.17) is 0 Å². The minimum Gasteiger partial charge on any atom is -0.478 e. The van der Waals surface area contributed by atoms with Crippen molar-refractivity contribution in [3.05, 3.63) is 45.6 Å². The standard InChI is InChI=1S/C14H13NO6S2/c1-8-3-4-11(10(5-8)13(16)17)15-23(19,20)9-6-12(22-7-9)14(18)21-2/h3-7,15H,1-2H3,(H,16,17). The van der Waals surface area contributed by atoms with Crippen LogP contribution in [0.25, 0.3) is 0 Å². The number of sulfonamides is 1. The Kier molecular flexibility index (Phi) is 4.71. The summed E-state index contributed by atoms with van der Waals surface area (Å²) < 4.78 is 31.4. The zero-order valence-electron chi connectivity index (χ0n) is 12.2. The third-order valence-corrected chi connectivity index (χ3v) is 5.33. The number of ether oxygens (including phenoxy) is 1. The van der Waals surface area contributed by atoms with Crippen molar-refractivity contribution < 1.29 is 27.9 Å². The van der Waals surface area contributed by atoms with Gasteiger partial charge in [-0.1, -0.05) is 11.6 Å². The van der Waals surface area contributed by atoms with Gasteiger partial charge in [0.15, 0.2) is 0 Å². The number of carbonyl (C=O) groups is 2. The van der Waals surface area contributed by atoms with Crippen LogP contribution in [0.1, 0.15) is 25.6 Å². The maximum absolute atomic E-state index is 12.3. The Bertz CT molecular complexity index is 869. The molecule has 1 heterocycles. The molecule has 2 N–H and O–H groups in total. The lowest BCUT2D eigenvalue weighted by Crippen LogP contribution is -2.15. The van der Waals surface area contributed by atoms with Crippen molar-refractivity contribution >= 4 is 39.0 Å². The van der Waals surface area contributed by atoms with Gasteiger partial charge in [-0.25, -0.2) is 18.0 Å². The van der Waals surface area contributed by atoms with Crippen molar-refractivity contribution in [3.63, 3.8) is 0 Å². The zero-order valence-corrected chi connectivity index (χ0v) is 13.8. The van der Waals surface area contributed by atoms with Crippen LogP contribution in [-0.4, -0.2) is 32.6 Å². The smallest absolute Gasteiger partial charge is 0.348 e. The van der Waals surface area contributed by atoms with Gasteiger partial charge in [-0.05, 0) is 25.1 Å². The molecule has 2 rings (SSSR count). The minimum atomic E-state index is -4.01. The summed E-state index contributed by atoms with van der Waals surface area (Å²) in [6.45, 7) is 1.70. The molecule has 0 atom stereocenters. The molecule has 23 heavy (non-hydrogen) atoms. The molecular weight excluding hydrogens is 342 g/mol. The topological polar surface area (TPSA) is 110 Å². The number of hydrogen-bond acceptors (Lipinski definition) is 6. The molecule has 0 fully saturated rings. The Morgan fingerprint density at radius 3 is 2.57 bits per heavy atom. The Morgan fingerprint density at radius 1 is 1.26 bits per heavy atom. The number of carbonyl (C=O) groups excluding carboxylic acids is 1. The molecule has 1 aromatic carbocycles. The first kappa shape index (κ1) is 17.0. The van der Waals surface area contributed by atoms with E-state index in [0.717, 1.165) is 11.3 Å². The van der Waals surface area contributed by atoms with E-state index in [2.05, 4.69) is 9.46 Å². The van der Waals surface area contributed by atoms with Crippen LogP contribution in [0.4, 0.5) is 5.69 Å². The van der Waals surface area contributed by atoms with Crippen LogP contribution >= 0.6 is 11.3 Å². The van der Waals surface area contributed by atoms with Crippen molar-refractivity contribution in [1.82, 2.24) is 0 Å². The third kappa shape index (κ3) is 3.69. The summed E-state index contributed by atoms with van der Waals surface area (Å²) in [6, 6.07) is 5.52. The van der Waals surface area contributed by atoms with Gasteiger partial charge in [0.1, 0.15) is 4.88 Å². The van der Waals surface area contributed by atoms with E-state index in [1.54, 1.807) is 13.0 Å². The van der Waals surface area contributed by atoms with Crippen LogP contribution in [0, 0.1) is 6.92 Å². The molecule has 0 bridgehead atoms. The molecule has 122 valence electrons. The molecule has 0 aliphatic heterocycles. The Morgan fingerprint density at radius 2 is 1.96 bits per heavy atom. The maximum Gasteiger partial charge on any atom is 0.348 e. The molecule has 9 heteroatoms. The quantitative estimate of drug-likeness (QED) is 0.797. The summed E-state index contributed by atoms with van der Waals surface area (Å²) in [5.74, 6) is -1.88. The minimum absolute atomic E-state index is 0.0473. The summed E-state index contributed by atoms with van der Waals surface area (Å²) in [5.41, 5.74) is 0.486. The number of aromatic carboxylic acids is 1. The number of carboxylic acid groups (broad SMARTS) is 1. The second-order valence-corrected chi connectivity index (χ2v) is 7.19. The lowest BCUT2D eigenvalue weighted by molar-refractivity contribution is 0.0605. The van der Waals surface area contributed by atoms with E-state index >= 15 is 0 Å². The van der Waals surface area contributed by atoms with Gasteiger partial charge in [0, 0.05) is 5.38 Å². The SMILES string of the molecule is COC(=O)c1cc(S(=O)(=O)Nc2ccc(C)cc2C(=O)O)cs1. The molecule has 0 aliphatic carbocycles. The Hall–Kier alpha value is -2.39. The highest BCUT2D eigenvalue weighted by atomic mass is 32.2. The van der Waals surface area contributed by atoms with Crippen LogP contribution in [-0.2, 0) is 14.8 Å². The number of nitrogens with one attached hydrogen (secondary N) is 1. The van der Waals surface area contributed by atoms with Gasteiger partial charge < -0.3 is 9.84 Å². The van der Waals surface area contributed by atoms with Crippen molar-refractivity contribution in [2.24, 2.45) is 0 Å². The van der Waals surface area contributed by atoms with E-state index < -0.39 is 22.0 Å². The Labute approximate surface area is 136 Å². The Balaban J connectivity index is 2.37. The molecule has 0 saturated heterocycles. The molecule has 1 aromatic heterocycles. The lowest BCUT2D eigenvalue weighted by Gasteiger charge is -2.10. The van der Waals surface area contributed by atoms with Crippen LogP contribution in [0.5, 0.6) is 0 Å². The van der Waals surface area contributed by atoms with Crippen molar-refractivity contribution in [2.45, 2.75) is 11.8 Å². The third-order valence-electron chi connectivity index (χ3n) is 2.92. The van der Waals surface area contributed by atoms with Gasteiger partial charge in [-0.3, -0.25) is 4.72 Å². The van der Waals surface area contributed by atoms with E-state index in [0.29, 0.717) is 5.56 Å². The zero-order chi connectivity index (χ0) is 17.2. The van der Waals surface area contributed by atoms with E-state index in [1.807, 2.05) is 0 Å². The number of methoxy groups -OCH3 is 1. The number of esters is 1. The summed E-state index contributed by atoms with van der Waals surface area (Å²) in [6.07, 6.45) is 0. The monoisotopic (exact) mass is 355 g/mol. The van der Waals surface area contributed by atoms with Gasteiger partial charge >= 0.3 is 11.9 Å². The van der Waals surface area contributed by atoms with Gasteiger partial charge in [-0.2, -0.15) is 0 Å². The highest BCUT2D eigenvalue weighted by molar-refractivity contribution is 7.92. The second-order valence-electron chi connectivity index (χ2n) is 4.60. The van der Waals surface area contributed by atoms with Gasteiger partial charge in [0.25, 0.3) is 10.0 Å². The summed E-state index contributed by atoms with van der Waals surface area (Å²) in [4.78, 5) is 22.6. The predicted octanol–water partition coefficient (Wildman–Crippen LogP) is 2.34. The summed E-state index contributed by atoms with van der Waals surface area (Å²) in [5, 5.41) is 10.5. The number of anilines is 1. The number of thiophene rings is 1. The first-order chi connectivity index (χ1) is 10.7. The molecule has 0 amide bonds. The number of hydrogen-bond donors (Lipinski definition) is 2. The summed E-state index contributed by atoms with van der Waals surface area (Å²) >= 11 is 0.923. The van der Waals surface area contributed by atoms with E-state index in [1.165, 1.54) is 30.7 Å². The molecule has 0 aliphatic rings. The maximum atomic E-state index is 12.3. The highest BCUT2D eigenvalue weighted by Crippen LogP contribution is 2.25. The largest absolute Gasteiger partial charge is 0.478 e. The lowest BCUT2D eigenvalue weighted by atomic mass is 10.1. The van der Waals surface area contributed by atoms with Crippen LogP contribution in [0.3, 0.4) is 0 Å². The fraction of sp³-hybridized carbons (Fsp3) is 0.143. The summed E-state index contributed by atoms with van der Waals surface area (Å²) in [7, 11) is -2.82. The van der Waals surface area contributed by atoms with Gasteiger partial charge in [0.2, 0.25) is 0 Å². The molecule has 7 nitrogen and oxygen atoms in total. The van der Waals surface area contributed by atoms with Gasteiger partial charge in [0.05, 0.1) is 23.3 Å². The van der Waals surface area contributed by atoms with Crippen molar-refractivity contribution in [2.75, 3.05) is 11.8 Å². The predicted molar refractivity (Wildman–Crippen MR) is 84.6 cm³/mol. The number of rotatable bonds is 5. The van der Waals surface area contributed by atoms with Crippen LogP contribution in [0.15, 0.2) is 34.5 Å². The number of carboxylic acids is 1. The first-order valence-corrected chi connectivity index (χ1v) is 8.64. The average Bonchev–Trinajstić information content (AvgIpc) is 2.98. The second kappa shape index (κ2) is 6.39. The highest BCUT2D eigenvalue weighted by Gasteiger charge is 2.21. The van der Waals surface area contributed by atoms with Gasteiger partial charge in [-0.15, -0.1) is 11.3 Å². The van der Waals surface area contributed by atoms with E-state index in [-0.39, 0.29) is 21.0 Å². The molecule has 0 spiro atoms. The molecule has 0 saturated carbocycles. The van der Waals surface area contributed by atoms with Crippen molar-refractivity contribution in [1.29, 1.82) is 0 Å². The molecule has 0 unspecified atom stereocenters. The van der Waals surface area contributed by atoms with Crippen LogP contribution in [0.2, 0.25) is 0 Å². The molecule has 0 radical (unpaired) electrons.